The number of hydrogen-bond donors (Lipinski definition) is 1. The van der Waals surface area contributed by atoms with Crippen LogP contribution >= 0.6 is 0 Å². The molecular weight excluding hydrogens is 140 g/mol. The molecular formula is C8H16N2O. The monoisotopic (exact) mass is 156 g/mol. The fourth-order valence-corrected chi connectivity index (χ4v) is 0.663. The Bertz CT molecular complexity index is 152. The summed E-state index contributed by atoms with van der Waals surface area (Å²) in [6.07, 6.45) is 3.26. The number of nitrogens with zero attached hydrogens (tertiary/aromatic N) is 1. The molecule has 3 nitrogen and oxygen atoms in total. The summed E-state index contributed by atoms with van der Waals surface area (Å²) in [7, 11) is 0. The molecule has 0 fully saturated rings. The van der Waals surface area contributed by atoms with Crippen LogP contribution in [0.25, 0.3) is 0 Å². The Kier molecular flexibility index (Phi) is 5.43. The van der Waals surface area contributed by atoms with Gasteiger partial charge in [0.1, 0.15) is 0 Å². The van der Waals surface area contributed by atoms with Crippen LogP contribution < -0.4 is 5.43 Å². The molecule has 0 atom stereocenters. The van der Waals surface area contributed by atoms with Crippen LogP contribution in [0.2, 0.25) is 0 Å². The van der Waals surface area contributed by atoms with E-state index in [2.05, 4.69) is 17.5 Å². The highest BCUT2D eigenvalue weighted by molar-refractivity contribution is 5.83. The highest BCUT2D eigenvalue weighted by atomic mass is 16.2. The lowest BCUT2D eigenvalue weighted by molar-refractivity contribution is -0.118. The van der Waals surface area contributed by atoms with E-state index in [4.69, 9.17) is 0 Å². The van der Waals surface area contributed by atoms with Crippen LogP contribution in [0.5, 0.6) is 0 Å². The molecule has 1 amide bonds. The first-order valence-electron chi connectivity index (χ1n) is 3.96. The number of amides is 1. The van der Waals surface area contributed by atoms with Gasteiger partial charge in [-0.05, 0) is 19.8 Å². The van der Waals surface area contributed by atoms with Crippen LogP contribution in [0.1, 0.15) is 40.0 Å². The van der Waals surface area contributed by atoms with Crippen molar-refractivity contribution in [2.75, 3.05) is 0 Å². The van der Waals surface area contributed by atoms with Crippen molar-refractivity contribution in [3.05, 3.63) is 0 Å². The maximum atomic E-state index is 10.4. The molecule has 0 heterocycles. The van der Waals surface area contributed by atoms with Crippen molar-refractivity contribution in [2.45, 2.75) is 40.0 Å². The quantitative estimate of drug-likeness (QED) is 0.488. The highest BCUT2D eigenvalue weighted by Crippen LogP contribution is 1.95. The number of rotatable bonds is 4. The Morgan fingerprint density at radius 2 is 2.09 bits per heavy atom. The number of carbonyl (C=O) groups excluding carboxylic acids is 1. The second kappa shape index (κ2) is 5.89. The van der Waals surface area contributed by atoms with Gasteiger partial charge < -0.3 is 0 Å². The van der Waals surface area contributed by atoms with Crippen LogP contribution in [0, 0.1) is 0 Å². The van der Waals surface area contributed by atoms with E-state index in [0.717, 1.165) is 25.0 Å². The Morgan fingerprint density at radius 1 is 1.45 bits per heavy atom. The molecule has 0 aliphatic heterocycles. The number of unbranched alkanes of at least 4 members (excludes halogenated alkanes) is 1. The molecule has 0 saturated heterocycles. The van der Waals surface area contributed by atoms with E-state index in [1.54, 1.807) is 0 Å². The second-order valence-electron chi connectivity index (χ2n) is 2.62. The smallest absolute Gasteiger partial charge is 0.236 e. The van der Waals surface area contributed by atoms with Crippen LogP contribution in [-0.2, 0) is 4.79 Å². The maximum absolute atomic E-state index is 10.4. The molecule has 0 bridgehead atoms. The van der Waals surface area contributed by atoms with Crippen molar-refractivity contribution < 1.29 is 4.79 Å². The zero-order chi connectivity index (χ0) is 8.69. The number of hydrogen-bond acceptors (Lipinski definition) is 2. The van der Waals surface area contributed by atoms with Gasteiger partial charge in [-0.25, -0.2) is 5.43 Å². The average molecular weight is 156 g/mol. The summed E-state index contributed by atoms with van der Waals surface area (Å²) >= 11 is 0. The zero-order valence-corrected chi connectivity index (χ0v) is 7.48. The molecule has 11 heavy (non-hydrogen) atoms. The lowest BCUT2D eigenvalue weighted by Crippen LogP contribution is -2.14. The summed E-state index contributed by atoms with van der Waals surface area (Å²) in [4.78, 5) is 10.4. The predicted molar refractivity (Wildman–Crippen MR) is 46.5 cm³/mol. The molecule has 0 aliphatic rings. The van der Waals surface area contributed by atoms with Gasteiger partial charge in [0.15, 0.2) is 0 Å². The first-order chi connectivity index (χ1) is 5.16. The van der Waals surface area contributed by atoms with Gasteiger partial charge in [-0.3, -0.25) is 4.79 Å². The van der Waals surface area contributed by atoms with Crippen molar-refractivity contribution in [1.29, 1.82) is 0 Å². The Balaban J connectivity index is 3.54. The Hall–Kier alpha value is -0.860. The Morgan fingerprint density at radius 3 is 2.55 bits per heavy atom. The van der Waals surface area contributed by atoms with Crippen LogP contribution in [0.15, 0.2) is 5.10 Å². The summed E-state index contributed by atoms with van der Waals surface area (Å²) in [5.74, 6) is -0.110. The van der Waals surface area contributed by atoms with Crippen molar-refractivity contribution in [3.63, 3.8) is 0 Å². The van der Waals surface area contributed by atoms with Crippen LogP contribution in [0.4, 0.5) is 0 Å². The summed E-state index contributed by atoms with van der Waals surface area (Å²) in [6.45, 7) is 5.51. The molecule has 0 aromatic carbocycles. The molecule has 0 radical (unpaired) electrons. The van der Waals surface area contributed by atoms with E-state index in [1.807, 2.05) is 6.92 Å². The molecule has 1 N–H and O–H groups in total. The predicted octanol–water partition coefficient (Wildman–Crippen LogP) is 1.69. The molecule has 0 rings (SSSR count). The second-order valence-corrected chi connectivity index (χ2v) is 2.62. The normalized spacial score (nSPS) is 11.4. The van der Waals surface area contributed by atoms with Gasteiger partial charge in [0.2, 0.25) is 5.91 Å². The van der Waals surface area contributed by atoms with E-state index < -0.39 is 0 Å². The van der Waals surface area contributed by atoms with Gasteiger partial charge in [0, 0.05) is 12.6 Å². The van der Waals surface area contributed by atoms with E-state index >= 15 is 0 Å². The van der Waals surface area contributed by atoms with Crippen LogP contribution in [0.3, 0.4) is 0 Å². The highest BCUT2D eigenvalue weighted by Gasteiger charge is 1.91. The van der Waals surface area contributed by atoms with Crippen molar-refractivity contribution in [3.8, 4) is 0 Å². The van der Waals surface area contributed by atoms with E-state index in [-0.39, 0.29) is 5.91 Å². The van der Waals surface area contributed by atoms with Gasteiger partial charge in [0.25, 0.3) is 0 Å². The van der Waals surface area contributed by atoms with Gasteiger partial charge in [-0.2, -0.15) is 5.10 Å². The van der Waals surface area contributed by atoms with Crippen molar-refractivity contribution in [2.24, 2.45) is 5.10 Å². The molecule has 0 aromatic heterocycles. The number of carbonyl (C=O) groups is 1. The SMILES string of the molecule is CCCCC(C)=NNC(C)=O. The molecule has 0 aromatic rings. The minimum Gasteiger partial charge on any atom is -0.274 e. The third-order valence-electron chi connectivity index (χ3n) is 1.30. The van der Waals surface area contributed by atoms with E-state index in [1.165, 1.54) is 6.92 Å². The van der Waals surface area contributed by atoms with Gasteiger partial charge in [-0.15, -0.1) is 0 Å². The topological polar surface area (TPSA) is 41.5 Å². The minimum atomic E-state index is -0.110. The molecule has 0 spiro atoms. The number of hydrazone groups is 1. The standard InChI is InChI=1S/C8H16N2O/c1-4-5-6-7(2)9-10-8(3)11/h4-6H2,1-3H3,(H,10,11). The van der Waals surface area contributed by atoms with Crippen molar-refractivity contribution in [1.82, 2.24) is 5.43 Å². The maximum Gasteiger partial charge on any atom is 0.236 e. The molecule has 64 valence electrons. The van der Waals surface area contributed by atoms with Crippen LogP contribution in [-0.4, -0.2) is 11.6 Å². The first-order valence-corrected chi connectivity index (χ1v) is 3.96. The fourth-order valence-electron chi connectivity index (χ4n) is 0.663. The Labute approximate surface area is 67.9 Å². The van der Waals surface area contributed by atoms with Gasteiger partial charge >= 0.3 is 0 Å². The number of nitrogens with one attached hydrogen (secondary N) is 1. The molecule has 0 unspecified atom stereocenters. The fraction of sp³-hybridized carbons (Fsp3) is 0.750. The average Bonchev–Trinajstić information content (AvgIpc) is 1.97. The summed E-state index contributed by atoms with van der Waals surface area (Å²) in [5, 5.41) is 3.88. The largest absolute Gasteiger partial charge is 0.274 e. The third kappa shape index (κ3) is 7.03. The van der Waals surface area contributed by atoms with E-state index in [0.29, 0.717) is 0 Å². The van der Waals surface area contributed by atoms with Gasteiger partial charge in [-0.1, -0.05) is 13.3 Å². The summed E-state index contributed by atoms with van der Waals surface area (Å²) < 4.78 is 0. The third-order valence-corrected chi connectivity index (χ3v) is 1.30. The lowest BCUT2D eigenvalue weighted by Gasteiger charge is -1.97. The lowest BCUT2D eigenvalue weighted by atomic mass is 10.2. The summed E-state index contributed by atoms with van der Waals surface area (Å²) in [5.41, 5.74) is 3.39. The molecule has 0 aliphatic carbocycles. The van der Waals surface area contributed by atoms with Gasteiger partial charge in [0.05, 0.1) is 0 Å². The summed E-state index contributed by atoms with van der Waals surface area (Å²) in [6, 6.07) is 0. The zero-order valence-electron chi connectivity index (χ0n) is 7.48. The molecule has 3 heteroatoms. The van der Waals surface area contributed by atoms with Crippen molar-refractivity contribution >= 4 is 11.6 Å². The molecule has 0 saturated carbocycles. The first kappa shape index (κ1) is 10.1. The van der Waals surface area contributed by atoms with E-state index in [9.17, 15) is 4.79 Å². The minimum absolute atomic E-state index is 0.110.